The fourth-order valence-electron chi connectivity index (χ4n) is 2.59. The van der Waals surface area contributed by atoms with Crippen LogP contribution in [0.25, 0.3) is 10.9 Å². The van der Waals surface area contributed by atoms with Gasteiger partial charge in [0.15, 0.2) is 0 Å². The normalized spacial score (nSPS) is 10.7. The van der Waals surface area contributed by atoms with Gasteiger partial charge >= 0.3 is 5.97 Å². The Kier molecular flexibility index (Phi) is 5.00. The number of ether oxygens (including phenoxy) is 3. The molecule has 0 atom stereocenters. The zero-order valence-electron chi connectivity index (χ0n) is 14.9. The van der Waals surface area contributed by atoms with Gasteiger partial charge in [-0.3, -0.25) is 9.78 Å². The van der Waals surface area contributed by atoms with Crippen LogP contribution in [0.5, 0.6) is 23.0 Å². The molecule has 0 N–H and O–H groups in total. The molecule has 0 aliphatic rings. The summed E-state index contributed by atoms with van der Waals surface area (Å²) in [6, 6.07) is 10.7. The summed E-state index contributed by atoms with van der Waals surface area (Å²) in [5, 5.41) is 0.890. The number of halogens is 1. The van der Waals surface area contributed by atoms with Gasteiger partial charge in [0.1, 0.15) is 23.0 Å². The van der Waals surface area contributed by atoms with E-state index in [0.29, 0.717) is 33.2 Å². The molecule has 3 rings (SSSR count). The van der Waals surface area contributed by atoms with Crippen molar-refractivity contribution in [1.82, 2.24) is 4.98 Å². The zero-order chi connectivity index (χ0) is 18.8. The van der Waals surface area contributed by atoms with E-state index >= 15 is 0 Å². The third-order valence-corrected chi connectivity index (χ3v) is 4.39. The summed E-state index contributed by atoms with van der Waals surface area (Å²) in [5.74, 6) is 1.78. The van der Waals surface area contributed by atoms with Gasteiger partial charge in [0.05, 0.1) is 23.0 Å². The number of methoxy groups -OCH3 is 1. The number of benzene rings is 2. The Balaban J connectivity index is 2.11. The first-order valence-electron chi connectivity index (χ1n) is 8.00. The van der Waals surface area contributed by atoms with Gasteiger partial charge < -0.3 is 14.2 Å². The highest BCUT2D eigenvalue weighted by Crippen LogP contribution is 2.41. The lowest BCUT2D eigenvalue weighted by atomic mass is 10.1. The predicted molar refractivity (Wildman–Crippen MR) is 101 cm³/mol. The molecule has 134 valence electrons. The van der Waals surface area contributed by atoms with E-state index in [1.165, 1.54) is 6.92 Å². The van der Waals surface area contributed by atoms with E-state index in [1.54, 1.807) is 43.5 Å². The standard InChI is InChI=1S/C20H18ClNO4/c1-11-12(2)22-16-9-10-17(19(21)18(16)20(11)25-13(3)23)26-15-7-5-14(24-4)6-8-15/h5-10H,1-4H3. The molecule has 0 bridgehead atoms. The number of fused-ring (bicyclic) bond motifs is 1. The third kappa shape index (κ3) is 3.44. The number of carbonyl (C=O) groups is 1. The molecule has 26 heavy (non-hydrogen) atoms. The van der Waals surface area contributed by atoms with Crippen LogP contribution in [0, 0.1) is 13.8 Å². The summed E-state index contributed by atoms with van der Waals surface area (Å²) in [7, 11) is 1.60. The van der Waals surface area contributed by atoms with Gasteiger partial charge in [0.25, 0.3) is 0 Å². The molecule has 3 aromatic rings. The van der Waals surface area contributed by atoms with Crippen LogP contribution in [0.4, 0.5) is 0 Å². The van der Waals surface area contributed by atoms with Crippen LogP contribution in [-0.2, 0) is 4.79 Å². The Morgan fingerprint density at radius 3 is 2.31 bits per heavy atom. The minimum atomic E-state index is -0.419. The van der Waals surface area contributed by atoms with Crippen LogP contribution in [-0.4, -0.2) is 18.1 Å². The first-order valence-corrected chi connectivity index (χ1v) is 8.38. The maximum absolute atomic E-state index is 11.5. The molecule has 1 aromatic heterocycles. The van der Waals surface area contributed by atoms with E-state index in [4.69, 9.17) is 25.8 Å². The van der Waals surface area contributed by atoms with E-state index in [1.807, 2.05) is 13.8 Å². The van der Waals surface area contributed by atoms with Crippen molar-refractivity contribution in [3.8, 4) is 23.0 Å². The van der Waals surface area contributed by atoms with E-state index in [0.717, 1.165) is 17.0 Å². The van der Waals surface area contributed by atoms with Gasteiger partial charge in [-0.15, -0.1) is 0 Å². The van der Waals surface area contributed by atoms with Crippen LogP contribution in [0.2, 0.25) is 5.02 Å². The second-order valence-corrected chi connectivity index (χ2v) is 6.17. The van der Waals surface area contributed by atoms with Crippen LogP contribution in [0.15, 0.2) is 36.4 Å². The highest BCUT2D eigenvalue weighted by Gasteiger charge is 2.18. The molecule has 0 aliphatic heterocycles. The summed E-state index contributed by atoms with van der Waals surface area (Å²) in [6.45, 7) is 5.05. The Morgan fingerprint density at radius 2 is 1.69 bits per heavy atom. The summed E-state index contributed by atoms with van der Waals surface area (Å²) in [4.78, 5) is 16.1. The summed E-state index contributed by atoms with van der Waals surface area (Å²) >= 11 is 6.58. The topological polar surface area (TPSA) is 57.6 Å². The number of carbonyl (C=O) groups excluding carboxylic acids is 1. The molecule has 0 fully saturated rings. The Hall–Kier alpha value is -2.79. The van der Waals surface area contributed by atoms with Crippen molar-refractivity contribution in [2.75, 3.05) is 7.11 Å². The molecular weight excluding hydrogens is 354 g/mol. The highest BCUT2D eigenvalue weighted by molar-refractivity contribution is 6.37. The lowest BCUT2D eigenvalue weighted by molar-refractivity contribution is -0.131. The zero-order valence-corrected chi connectivity index (χ0v) is 15.7. The molecule has 0 saturated carbocycles. The maximum atomic E-state index is 11.5. The smallest absolute Gasteiger partial charge is 0.308 e. The fraction of sp³-hybridized carbons (Fsp3) is 0.200. The quantitative estimate of drug-likeness (QED) is 0.587. The van der Waals surface area contributed by atoms with Crippen molar-refractivity contribution >= 4 is 28.5 Å². The van der Waals surface area contributed by atoms with Crippen molar-refractivity contribution in [3.63, 3.8) is 0 Å². The van der Waals surface area contributed by atoms with E-state index in [-0.39, 0.29) is 0 Å². The SMILES string of the molecule is COc1ccc(Oc2ccc3nc(C)c(C)c(OC(C)=O)c3c2Cl)cc1. The van der Waals surface area contributed by atoms with Gasteiger partial charge in [0, 0.05) is 18.2 Å². The molecule has 0 saturated heterocycles. The fourth-order valence-corrected chi connectivity index (χ4v) is 2.88. The molecule has 0 amide bonds. The Bertz CT molecular complexity index is 984. The minimum Gasteiger partial charge on any atom is -0.497 e. The predicted octanol–water partition coefficient (Wildman–Crippen LogP) is 5.23. The van der Waals surface area contributed by atoms with Crippen LogP contribution in [0.3, 0.4) is 0 Å². The second kappa shape index (κ2) is 7.22. The Labute approximate surface area is 156 Å². The maximum Gasteiger partial charge on any atom is 0.308 e. The number of pyridine rings is 1. The van der Waals surface area contributed by atoms with Gasteiger partial charge in [0.2, 0.25) is 0 Å². The average Bonchev–Trinajstić information content (AvgIpc) is 2.61. The van der Waals surface area contributed by atoms with E-state index in [2.05, 4.69) is 4.98 Å². The van der Waals surface area contributed by atoms with Gasteiger partial charge in [-0.25, -0.2) is 0 Å². The molecule has 1 heterocycles. The van der Waals surface area contributed by atoms with Crippen LogP contribution in [0.1, 0.15) is 18.2 Å². The number of nitrogens with zero attached hydrogens (tertiary/aromatic N) is 1. The van der Waals surface area contributed by atoms with Gasteiger partial charge in [-0.1, -0.05) is 11.6 Å². The molecule has 5 nitrogen and oxygen atoms in total. The van der Waals surface area contributed by atoms with Crippen molar-refractivity contribution in [1.29, 1.82) is 0 Å². The molecule has 2 aromatic carbocycles. The first kappa shape index (κ1) is 18.0. The molecule has 0 spiro atoms. The number of rotatable bonds is 4. The highest BCUT2D eigenvalue weighted by atomic mass is 35.5. The van der Waals surface area contributed by atoms with Crippen molar-refractivity contribution in [2.24, 2.45) is 0 Å². The molecule has 6 heteroatoms. The number of aryl methyl sites for hydroxylation is 1. The summed E-state index contributed by atoms with van der Waals surface area (Å²) < 4.78 is 16.5. The summed E-state index contributed by atoms with van der Waals surface area (Å²) in [5.41, 5.74) is 2.17. The van der Waals surface area contributed by atoms with Gasteiger partial charge in [-0.05, 0) is 50.2 Å². The second-order valence-electron chi connectivity index (χ2n) is 5.79. The number of hydrogen-bond acceptors (Lipinski definition) is 5. The molecule has 0 radical (unpaired) electrons. The third-order valence-electron chi connectivity index (χ3n) is 4.02. The number of hydrogen-bond donors (Lipinski definition) is 0. The van der Waals surface area contributed by atoms with E-state index < -0.39 is 5.97 Å². The molecule has 0 aliphatic carbocycles. The first-order chi connectivity index (χ1) is 12.4. The largest absolute Gasteiger partial charge is 0.497 e. The number of esters is 1. The molecular formula is C20H18ClNO4. The van der Waals surface area contributed by atoms with Crippen LogP contribution < -0.4 is 14.2 Å². The van der Waals surface area contributed by atoms with Crippen LogP contribution >= 0.6 is 11.6 Å². The number of aromatic nitrogens is 1. The minimum absolute atomic E-state index is 0.338. The van der Waals surface area contributed by atoms with E-state index in [9.17, 15) is 4.79 Å². The summed E-state index contributed by atoms with van der Waals surface area (Å²) in [6.07, 6.45) is 0. The van der Waals surface area contributed by atoms with Crippen molar-refractivity contribution in [2.45, 2.75) is 20.8 Å². The lowest BCUT2D eigenvalue weighted by Crippen LogP contribution is -2.06. The average molecular weight is 372 g/mol. The Morgan fingerprint density at radius 1 is 1.04 bits per heavy atom. The molecule has 0 unspecified atom stereocenters. The lowest BCUT2D eigenvalue weighted by Gasteiger charge is -2.15. The monoisotopic (exact) mass is 371 g/mol. The van der Waals surface area contributed by atoms with Crippen molar-refractivity contribution in [3.05, 3.63) is 52.7 Å². The van der Waals surface area contributed by atoms with Crippen molar-refractivity contribution < 1.29 is 19.0 Å². The van der Waals surface area contributed by atoms with Gasteiger partial charge in [-0.2, -0.15) is 0 Å².